The third-order valence-electron chi connectivity index (χ3n) is 7.06. The fourth-order valence-electron chi connectivity index (χ4n) is 5.48. The molecule has 0 unspecified atom stereocenters. The van der Waals surface area contributed by atoms with Crippen LogP contribution in [0.5, 0.6) is 11.5 Å². The van der Waals surface area contributed by atoms with Gasteiger partial charge < -0.3 is 14.8 Å². The first-order valence-corrected chi connectivity index (χ1v) is 12.6. The lowest BCUT2D eigenvalue weighted by molar-refractivity contribution is -0.140. The van der Waals surface area contributed by atoms with E-state index in [1.807, 2.05) is 19.1 Å². The molecule has 3 aliphatic rings. The number of nitrogens with one attached hydrogen (secondary N) is 1. The van der Waals surface area contributed by atoms with Crippen molar-refractivity contribution in [1.29, 1.82) is 0 Å². The van der Waals surface area contributed by atoms with Gasteiger partial charge in [-0.15, -0.1) is 6.58 Å². The number of allylic oxidation sites excluding steroid dienone is 3. The molecule has 8 nitrogen and oxygen atoms in total. The Morgan fingerprint density at radius 1 is 1.13 bits per heavy atom. The van der Waals surface area contributed by atoms with E-state index in [1.165, 1.54) is 30.5 Å². The van der Waals surface area contributed by atoms with Crippen molar-refractivity contribution < 1.29 is 28.2 Å². The molecular weight excluding hydrogens is 489 g/mol. The molecule has 2 bridgehead atoms. The summed E-state index contributed by atoms with van der Waals surface area (Å²) < 4.78 is 24.8. The minimum absolute atomic E-state index is 0.113. The van der Waals surface area contributed by atoms with E-state index in [1.54, 1.807) is 18.2 Å². The number of hydrogen-bond acceptors (Lipinski definition) is 6. The molecule has 4 atom stereocenters. The number of ether oxygens (including phenoxy) is 2. The molecule has 1 saturated carbocycles. The smallest absolute Gasteiger partial charge is 0.262 e. The molecule has 2 aromatic carbocycles. The Balaban J connectivity index is 1.33. The summed E-state index contributed by atoms with van der Waals surface area (Å²) in [4.78, 5) is 38.3. The molecule has 9 heteroatoms. The highest BCUT2D eigenvalue weighted by Gasteiger charge is 2.59. The van der Waals surface area contributed by atoms with Crippen LogP contribution >= 0.6 is 0 Å². The molecule has 1 aliphatic heterocycles. The lowest BCUT2D eigenvalue weighted by Gasteiger charge is -2.17. The van der Waals surface area contributed by atoms with Crippen LogP contribution in [-0.4, -0.2) is 42.2 Å². The number of halogens is 1. The van der Waals surface area contributed by atoms with E-state index < -0.39 is 11.7 Å². The van der Waals surface area contributed by atoms with Crippen molar-refractivity contribution in [3.63, 3.8) is 0 Å². The standard InChI is InChI=1S/C29H28FN3O5/c1-3-5-20-12-17(15-31-33-28(35)25-18-6-7-19(14-18)26(25)29(33)36)13-23(37-4-2)27(20)38-16-24(34)32-22-10-8-21(30)9-11-22/h3,6-13,15,18-19,25-26H,1,4-5,14,16H2,2H3,(H,32,34)/t18-,19-,25-,26+/m0/s1. The van der Waals surface area contributed by atoms with Gasteiger partial charge >= 0.3 is 0 Å². The third-order valence-corrected chi connectivity index (χ3v) is 7.06. The van der Waals surface area contributed by atoms with Crippen LogP contribution in [0.2, 0.25) is 0 Å². The summed E-state index contributed by atoms with van der Waals surface area (Å²) in [5.41, 5.74) is 1.74. The SMILES string of the molecule is C=CCc1cc(C=NN2C(=O)[C@@H]3[C@H](C2=O)[C@H]2C=C[C@H]3C2)cc(OCC)c1OCC(=O)Nc1ccc(F)cc1. The number of carbonyl (C=O) groups is 3. The lowest BCUT2D eigenvalue weighted by atomic mass is 9.85. The van der Waals surface area contributed by atoms with E-state index in [2.05, 4.69) is 17.0 Å². The van der Waals surface area contributed by atoms with Gasteiger partial charge in [0.15, 0.2) is 18.1 Å². The average Bonchev–Trinajstić information content (AvgIpc) is 3.58. The topological polar surface area (TPSA) is 97.3 Å². The number of carbonyl (C=O) groups excluding carboxylic acids is 3. The van der Waals surface area contributed by atoms with Gasteiger partial charge in [-0.3, -0.25) is 14.4 Å². The third kappa shape index (κ3) is 4.83. The van der Waals surface area contributed by atoms with Gasteiger partial charge in [0.25, 0.3) is 17.7 Å². The van der Waals surface area contributed by atoms with Crippen LogP contribution in [0.15, 0.2) is 66.3 Å². The molecular formula is C29H28FN3O5. The summed E-state index contributed by atoms with van der Waals surface area (Å²) in [6.07, 6.45) is 8.51. The molecule has 0 radical (unpaired) electrons. The van der Waals surface area contributed by atoms with E-state index in [-0.39, 0.29) is 42.1 Å². The highest BCUT2D eigenvalue weighted by molar-refractivity contribution is 6.06. The second-order valence-electron chi connectivity index (χ2n) is 9.51. The second kappa shape index (κ2) is 10.6. The zero-order valence-electron chi connectivity index (χ0n) is 20.9. The maximum Gasteiger partial charge on any atom is 0.262 e. The summed E-state index contributed by atoms with van der Waals surface area (Å²) in [5.74, 6) is -0.969. The summed E-state index contributed by atoms with van der Waals surface area (Å²) in [5, 5.41) is 7.92. The number of amides is 3. The molecule has 2 aliphatic carbocycles. The number of nitrogens with zero attached hydrogens (tertiary/aromatic N) is 2. The zero-order valence-corrected chi connectivity index (χ0v) is 20.9. The van der Waals surface area contributed by atoms with Crippen LogP contribution in [0.4, 0.5) is 10.1 Å². The molecule has 38 heavy (non-hydrogen) atoms. The van der Waals surface area contributed by atoms with Crippen LogP contribution in [0.3, 0.4) is 0 Å². The molecule has 5 rings (SSSR count). The van der Waals surface area contributed by atoms with Gasteiger partial charge in [-0.1, -0.05) is 18.2 Å². The summed E-state index contributed by atoms with van der Waals surface area (Å²) in [6.45, 7) is 5.66. The fourth-order valence-corrected chi connectivity index (χ4v) is 5.48. The predicted octanol–water partition coefficient (Wildman–Crippen LogP) is 4.11. The van der Waals surface area contributed by atoms with Crippen molar-refractivity contribution in [3.8, 4) is 11.5 Å². The highest BCUT2D eigenvalue weighted by atomic mass is 19.1. The maximum atomic E-state index is 13.1. The van der Waals surface area contributed by atoms with E-state index in [9.17, 15) is 18.8 Å². The Hall–Kier alpha value is -4.27. The monoisotopic (exact) mass is 517 g/mol. The highest BCUT2D eigenvalue weighted by Crippen LogP contribution is 2.52. The number of fused-ring (bicyclic) bond motifs is 5. The number of anilines is 1. The maximum absolute atomic E-state index is 13.1. The molecule has 0 spiro atoms. The van der Waals surface area contributed by atoms with Crippen LogP contribution in [0, 0.1) is 29.5 Å². The van der Waals surface area contributed by atoms with E-state index in [0.29, 0.717) is 41.3 Å². The first-order chi connectivity index (χ1) is 18.4. The Morgan fingerprint density at radius 3 is 2.45 bits per heavy atom. The Labute approximate surface area is 219 Å². The first-order valence-electron chi connectivity index (χ1n) is 12.6. The molecule has 3 amide bonds. The van der Waals surface area contributed by atoms with Gasteiger partial charge in [-0.2, -0.15) is 10.1 Å². The van der Waals surface area contributed by atoms with Gasteiger partial charge in [0, 0.05) is 11.3 Å². The number of benzene rings is 2. The molecule has 0 aromatic heterocycles. The average molecular weight is 518 g/mol. The molecule has 1 saturated heterocycles. The van der Waals surface area contributed by atoms with Crippen molar-refractivity contribution in [2.45, 2.75) is 19.8 Å². The minimum Gasteiger partial charge on any atom is -0.490 e. The summed E-state index contributed by atoms with van der Waals surface area (Å²) in [7, 11) is 0. The fraction of sp³-hybridized carbons (Fsp3) is 0.310. The van der Waals surface area contributed by atoms with Crippen LogP contribution in [0.1, 0.15) is 24.5 Å². The molecule has 1 N–H and O–H groups in total. The Kier molecular flexibility index (Phi) is 7.09. The normalized spacial score (nSPS) is 23.3. The largest absolute Gasteiger partial charge is 0.490 e. The second-order valence-corrected chi connectivity index (χ2v) is 9.51. The van der Waals surface area contributed by atoms with Crippen LogP contribution < -0.4 is 14.8 Å². The first kappa shape index (κ1) is 25.4. The van der Waals surface area contributed by atoms with Gasteiger partial charge in [0.1, 0.15) is 5.82 Å². The van der Waals surface area contributed by atoms with Gasteiger partial charge in [-0.05, 0) is 73.6 Å². The van der Waals surface area contributed by atoms with E-state index in [0.717, 1.165) is 11.4 Å². The summed E-state index contributed by atoms with van der Waals surface area (Å²) >= 11 is 0. The number of imide groups is 1. The van der Waals surface area contributed by atoms with Crippen molar-refractivity contribution in [2.75, 3.05) is 18.5 Å². The predicted molar refractivity (Wildman–Crippen MR) is 139 cm³/mol. The van der Waals surface area contributed by atoms with E-state index in [4.69, 9.17) is 9.47 Å². The number of hydrazone groups is 1. The van der Waals surface area contributed by atoms with Gasteiger partial charge in [-0.25, -0.2) is 4.39 Å². The van der Waals surface area contributed by atoms with Gasteiger partial charge in [0.05, 0.1) is 24.7 Å². The zero-order chi connectivity index (χ0) is 26.8. The van der Waals surface area contributed by atoms with Crippen LogP contribution in [-0.2, 0) is 20.8 Å². The molecule has 1 heterocycles. The van der Waals surface area contributed by atoms with Crippen molar-refractivity contribution in [2.24, 2.45) is 28.8 Å². The summed E-state index contributed by atoms with van der Waals surface area (Å²) in [6, 6.07) is 8.90. The van der Waals surface area contributed by atoms with Crippen molar-refractivity contribution >= 4 is 29.6 Å². The minimum atomic E-state index is -0.422. The Bertz CT molecular complexity index is 1310. The number of hydrogen-bond donors (Lipinski definition) is 1. The van der Waals surface area contributed by atoms with Crippen molar-refractivity contribution in [1.82, 2.24) is 5.01 Å². The number of rotatable bonds is 10. The lowest BCUT2D eigenvalue weighted by Crippen LogP contribution is -2.28. The molecule has 196 valence electrons. The van der Waals surface area contributed by atoms with Crippen LogP contribution in [0.25, 0.3) is 0 Å². The van der Waals surface area contributed by atoms with Crippen molar-refractivity contribution in [3.05, 3.63) is 78.1 Å². The molecule has 2 fully saturated rings. The molecule has 2 aromatic rings. The van der Waals surface area contributed by atoms with E-state index >= 15 is 0 Å². The van der Waals surface area contributed by atoms with Gasteiger partial charge in [0.2, 0.25) is 0 Å². The quantitative estimate of drug-likeness (QED) is 0.291. The Morgan fingerprint density at radius 2 is 1.82 bits per heavy atom.